The molecule has 0 atom stereocenters. The smallest absolute Gasteiger partial charge is 0.258 e. The molecule has 0 aliphatic rings. The molecular weight excluding hydrogens is 170 g/mol. The van der Waals surface area contributed by atoms with Crippen LogP contribution in [0.25, 0.3) is 10.8 Å². The summed E-state index contributed by atoms with van der Waals surface area (Å²) in [6.07, 6.45) is 0. The van der Waals surface area contributed by atoms with E-state index in [4.69, 9.17) is 5.11 Å². The fourth-order valence-electron chi connectivity index (χ4n) is 1.25. The van der Waals surface area contributed by atoms with Gasteiger partial charge in [0, 0.05) is 5.39 Å². The van der Waals surface area contributed by atoms with Gasteiger partial charge in [0.15, 0.2) is 5.75 Å². The molecule has 0 unspecified atom stereocenters. The van der Waals surface area contributed by atoms with Gasteiger partial charge in [-0.3, -0.25) is 9.78 Å². The van der Waals surface area contributed by atoms with Crippen LogP contribution in [0.2, 0.25) is 0 Å². The van der Waals surface area contributed by atoms with Crippen molar-refractivity contribution in [2.75, 3.05) is 0 Å². The summed E-state index contributed by atoms with van der Waals surface area (Å²) in [7, 11) is 0. The molecule has 0 amide bonds. The number of aromatic nitrogens is 1. The topological polar surface area (TPSA) is 73.3 Å². The maximum atomic E-state index is 11.2. The Bertz CT molecular complexity index is 516. The SMILES string of the molecule is O=c1[nH]c(O)c(O)c2ccccc12. The van der Waals surface area contributed by atoms with Crippen molar-refractivity contribution in [2.24, 2.45) is 0 Å². The zero-order chi connectivity index (χ0) is 9.42. The summed E-state index contributed by atoms with van der Waals surface area (Å²) in [5.74, 6) is -0.793. The molecule has 0 radical (unpaired) electrons. The Morgan fingerprint density at radius 1 is 1.08 bits per heavy atom. The number of H-pyrrole nitrogens is 1. The highest BCUT2D eigenvalue weighted by atomic mass is 16.3. The van der Waals surface area contributed by atoms with Gasteiger partial charge in [-0.05, 0) is 6.07 Å². The molecule has 66 valence electrons. The van der Waals surface area contributed by atoms with E-state index < -0.39 is 11.4 Å². The van der Waals surface area contributed by atoms with Gasteiger partial charge in [0.2, 0.25) is 5.88 Å². The standard InChI is InChI=1S/C9H7NO3/c11-7-5-3-1-2-4-6(5)8(12)10-9(7)13/h1-4,11H,(H2,10,12,13). The maximum Gasteiger partial charge on any atom is 0.258 e. The summed E-state index contributed by atoms with van der Waals surface area (Å²) in [5.41, 5.74) is -0.411. The number of pyridine rings is 1. The zero-order valence-electron chi connectivity index (χ0n) is 6.61. The van der Waals surface area contributed by atoms with Crippen molar-refractivity contribution in [3.05, 3.63) is 34.6 Å². The van der Waals surface area contributed by atoms with Crippen molar-refractivity contribution in [1.82, 2.24) is 4.98 Å². The molecule has 1 heterocycles. The van der Waals surface area contributed by atoms with Crippen molar-refractivity contribution in [3.8, 4) is 11.6 Å². The predicted molar refractivity (Wildman–Crippen MR) is 47.9 cm³/mol. The molecule has 4 nitrogen and oxygen atoms in total. The van der Waals surface area contributed by atoms with Crippen LogP contribution in [0, 0.1) is 0 Å². The zero-order valence-corrected chi connectivity index (χ0v) is 6.61. The summed E-state index contributed by atoms with van der Waals surface area (Å²) in [5, 5.41) is 19.2. The fraction of sp³-hybridized carbons (Fsp3) is 0. The predicted octanol–water partition coefficient (Wildman–Crippen LogP) is 0.939. The van der Waals surface area contributed by atoms with E-state index in [0.717, 1.165) is 0 Å². The maximum absolute atomic E-state index is 11.2. The summed E-state index contributed by atoms with van der Waals surface area (Å²) < 4.78 is 0. The normalized spacial score (nSPS) is 10.5. The Labute approximate surface area is 73.1 Å². The van der Waals surface area contributed by atoms with Crippen molar-refractivity contribution in [2.45, 2.75) is 0 Å². The Hall–Kier alpha value is -1.97. The highest BCUT2D eigenvalue weighted by Crippen LogP contribution is 2.28. The highest BCUT2D eigenvalue weighted by molar-refractivity contribution is 5.88. The van der Waals surface area contributed by atoms with Crippen molar-refractivity contribution in [3.63, 3.8) is 0 Å². The average molecular weight is 177 g/mol. The van der Waals surface area contributed by atoms with Crippen molar-refractivity contribution in [1.29, 1.82) is 0 Å². The third kappa shape index (κ3) is 1.03. The minimum Gasteiger partial charge on any atom is -0.503 e. The Morgan fingerprint density at radius 2 is 1.69 bits per heavy atom. The molecule has 0 saturated heterocycles. The molecule has 0 aliphatic heterocycles. The molecule has 3 N–H and O–H groups in total. The molecular formula is C9H7NO3. The van der Waals surface area contributed by atoms with E-state index in [1.807, 2.05) is 0 Å². The van der Waals surface area contributed by atoms with E-state index in [9.17, 15) is 9.90 Å². The van der Waals surface area contributed by atoms with Gasteiger partial charge in [0.25, 0.3) is 5.56 Å². The van der Waals surface area contributed by atoms with Crippen LogP contribution in [0.1, 0.15) is 0 Å². The second-order valence-corrected chi connectivity index (χ2v) is 2.70. The van der Waals surface area contributed by atoms with E-state index in [1.54, 1.807) is 24.3 Å². The first-order valence-electron chi connectivity index (χ1n) is 3.73. The van der Waals surface area contributed by atoms with Gasteiger partial charge in [0.1, 0.15) is 0 Å². The lowest BCUT2D eigenvalue weighted by atomic mass is 10.1. The summed E-state index contributed by atoms with van der Waals surface area (Å²) >= 11 is 0. The Balaban J connectivity index is 3.06. The molecule has 2 rings (SSSR count). The molecule has 1 aromatic carbocycles. The van der Waals surface area contributed by atoms with Gasteiger partial charge in [-0.2, -0.15) is 0 Å². The number of hydrogen-bond acceptors (Lipinski definition) is 3. The van der Waals surface area contributed by atoms with E-state index in [1.165, 1.54) is 0 Å². The van der Waals surface area contributed by atoms with Gasteiger partial charge >= 0.3 is 0 Å². The van der Waals surface area contributed by atoms with Crippen LogP contribution < -0.4 is 5.56 Å². The minimum absolute atomic E-state index is 0.296. The summed E-state index contributed by atoms with van der Waals surface area (Å²) in [6.45, 7) is 0. The number of rotatable bonds is 0. The molecule has 0 bridgehead atoms. The lowest BCUT2D eigenvalue weighted by molar-refractivity contribution is 0.392. The lowest BCUT2D eigenvalue weighted by Gasteiger charge is -2.00. The van der Waals surface area contributed by atoms with Crippen molar-refractivity contribution >= 4 is 10.8 Å². The number of fused-ring (bicyclic) bond motifs is 1. The number of hydrogen-bond donors (Lipinski definition) is 3. The van der Waals surface area contributed by atoms with Crippen LogP contribution in [-0.2, 0) is 0 Å². The molecule has 0 aliphatic carbocycles. The third-order valence-corrected chi connectivity index (χ3v) is 1.88. The molecule has 1 aromatic heterocycles. The quantitative estimate of drug-likeness (QED) is 0.560. The van der Waals surface area contributed by atoms with Crippen LogP contribution in [0.3, 0.4) is 0 Å². The first kappa shape index (κ1) is 7.67. The second-order valence-electron chi connectivity index (χ2n) is 2.70. The number of aromatic amines is 1. The van der Waals surface area contributed by atoms with Crippen LogP contribution >= 0.6 is 0 Å². The lowest BCUT2D eigenvalue weighted by Crippen LogP contribution is -2.04. The summed E-state index contributed by atoms with van der Waals surface area (Å²) in [4.78, 5) is 13.4. The minimum atomic E-state index is -0.497. The van der Waals surface area contributed by atoms with Crippen LogP contribution in [0.15, 0.2) is 29.1 Å². The number of nitrogens with one attached hydrogen (secondary N) is 1. The van der Waals surface area contributed by atoms with Gasteiger partial charge in [-0.1, -0.05) is 18.2 Å². The fourth-order valence-corrected chi connectivity index (χ4v) is 1.25. The third-order valence-electron chi connectivity index (χ3n) is 1.88. The monoisotopic (exact) mass is 177 g/mol. The van der Waals surface area contributed by atoms with E-state index >= 15 is 0 Å². The van der Waals surface area contributed by atoms with Gasteiger partial charge in [-0.15, -0.1) is 0 Å². The molecule has 2 aromatic rings. The molecule has 4 heteroatoms. The van der Waals surface area contributed by atoms with Crippen LogP contribution in [0.4, 0.5) is 0 Å². The molecule has 0 spiro atoms. The first-order chi connectivity index (χ1) is 6.20. The highest BCUT2D eigenvalue weighted by Gasteiger charge is 2.07. The average Bonchev–Trinajstić information content (AvgIpc) is 2.15. The number of aromatic hydroxyl groups is 2. The molecule has 0 fully saturated rings. The molecule has 13 heavy (non-hydrogen) atoms. The van der Waals surface area contributed by atoms with Gasteiger partial charge < -0.3 is 10.2 Å². The van der Waals surface area contributed by atoms with Gasteiger partial charge in [0.05, 0.1) is 5.39 Å². The first-order valence-corrected chi connectivity index (χ1v) is 3.73. The van der Waals surface area contributed by atoms with Gasteiger partial charge in [-0.25, -0.2) is 0 Å². The van der Waals surface area contributed by atoms with E-state index in [0.29, 0.717) is 10.8 Å². The Morgan fingerprint density at radius 3 is 2.38 bits per heavy atom. The van der Waals surface area contributed by atoms with Crippen molar-refractivity contribution < 1.29 is 10.2 Å². The van der Waals surface area contributed by atoms with E-state index in [2.05, 4.69) is 4.98 Å². The second kappa shape index (κ2) is 2.52. The van der Waals surface area contributed by atoms with Crippen LogP contribution in [-0.4, -0.2) is 15.2 Å². The molecule has 0 saturated carbocycles. The number of benzene rings is 1. The van der Waals surface area contributed by atoms with Crippen LogP contribution in [0.5, 0.6) is 11.6 Å². The Kier molecular flexibility index (Phi) is 1.48. The largest absolute Gasteiger partial charge is 0.503 e. The summed E-state index contributed by atoms with van der Waals surface area (Å²) in [6, 6.07) is 6.52. The van der Waals surface area contributed by atoms with E-state index in [-0.39, 0.29) is 5.75 Å².